The summed E-state index contributed by atoms with van der Waals surface area (Å²) in [6, 6.07) is 23.3. The van der Waals surface area contributed by atoms with Crippen LogP contribution in [0, 0.1) is 11.3 Å². The highest BCUT2D eigenvalue weighted by molar-refractivity contribution is 8.00. The van der Waals surface area contributed by atoms with Gasteiger partial charge in [-0.05, 0) is 29.0 Å². The fraction of sp³-hybridized carbons (Fsp3) is 0.0526. The van der Waals surface area contributed by atoms with Crippen molar-refractivity contribution >= 4 is 34.1 Å². The summed E-state index contributed by atoms with van der Waals surface area (Å²) in [5, 5.41) is 14.2. The smallest absolute Gasteiger partial charge is 0.234 e. The SMILES string of the molecule is N#Cc1ccccc1NC(=O)CSc1cccc2ccccc12. The zero-order valence-electron chi connectivity index (χ0n) is 12.3. The summed E-state index contributed by atoms with van der Waals surface area (Å²) >= 11 is 1.50. The lowest BCUT2D eigenvalue weighted by atomic mass is 10.1. The molecule has 3 aromatic carbocycles. The molecule has 3 aromatic rings. The van der Waals surface area contributed by atoms with Crippen molar-refractivity contribution in [1.82, 2.24) is 0 Å². The molecule has 4 heteroatoms. The fourth-order valence-electron chi connectivity index (χ4n) is 2.34. The van der Waals surface area contributed by atoms with Crippen LogP contribution in [-0.2, 0) is 4.79 Å². The summed E-state index contributed by atoms with van der Waals surface area (Å²) in [7, 11) is 0. The van der Waals surface area contributed by atoms with E-state index in [1.165, 1.54) is 11.8 Å². The van der Waals surface area contributed by atoms with Crippen molar-refractivity contribution in [2.75, 3.05) is 11.1 Å². The van der Waals surface area contributed by atoms with Gasteiger partial charge in [0.25, 0.3) is 0 Å². The molecule has 0 saturated heterocycles. The Morgan fingerprint density at radius 3 is 2.61 bits per heavy atom. The Morgan fingerprint density at radius 2 is 1.74 bits per heavy atom. The van der Waals surface area contributed by atoms with Gasteiger partial charge in [-0.1, -0.05) is 48.5 Å². The second kappa shape index (κ2) is 6.99. The van der Waals surface area contributed by atoms with Crippen LogP contribution in [-0.4, -0.2) is 11.7 Å². The van der Waals surface area contributed by atoms with E-state index in [4.69, 9.17) is 5.26 Å². The number of hydrogen-bond acceptors (Lipinski definition) is 3. The number of benzene rings is 3. The molecule has 0 saturated carbocycles. The molecule has 0 fully saturated rings. The van der Waals surface area contributed by atoms with Crippen molar-refractivity contribution in [3.63, 3.8) is 0 Å². The highest BCUT2D eigenvalue weighted by Crippen LogP contribution is 2.27. The van der Waals surface area contributed by atoms with Crippen LogP contribution in [0.3, 0.4) is 0 Å². The molecule has 0 aliphatic carbocycles. The Bertz CT molecular complexity index is 894. The number of rotatable bonds is 4. The molecule has 1 N–H and O–H groups in total. The van der Waals surface area contributed by atoms with Gasteiger partial charge in [0.15, 0.2) is 0 Å². The van der Waals surface area contributed by atoms with E-state index in [1.54, 1.807) is 24.3 Å². The molecule has 3 nitrogen and oxygen atoms in total. The van der Waals surface area contributed by atoms with E-state index in [0.29, 0.717) is 17.0 Å². The van der Waals surface area contributed by atoms with Crippen LogP contribution in [0.2, 0.25) is 0 Å². The van der Waals surface area contributed by atoms with Crippen LogP contribution < -0.4 is 5.32 Å². The molecule has 1 amide bonds. The monoisotopic (exact) mass is 318 g/mol. The molecule has 0 unspecified atom stereocenters. The Labute approximate surface area is 138 Å². The molecule has 0 radical (unpaired) electrons. The van der Waals surface area contributed by atoms with Crippen LogP contribution in [0.25, 0.3) is 10.8 Å². The average molecular weight is 318 g/mol. The molecular weight excluding hydrogens is 304 g/mol. The van der Waals surface area contributed by atoms with E-state index in [-0.39, 0.29) is 5.91 Å². The van der Waals surface area contributed by atoms with Crippen molar-refractivity contribution in [3.8, 4) is 6.07 Å². The number of thioether (sulfide) groups is 1. The van der Waals surface area contributed by atoms with Crippen molar-refractivity contribution in [2.45, 2.75) is 4.90 Å². The summed E-state index contributed by atoms with van der Waals surface area (Å²) in [6.45, 7) is 0. The quantitative estimate of drug-likeness (QED) is 0.723. The zero-order valence-corrected chi connectivity index (χ0v) is 13.1. The number of carbonyl (C=O) groups is 1. The maximum atomic E-state index is 12.1. The van der Waals surface area contributed by atoms with Gasteiger partial charge in [-0.25, -0.2) is 0 Å². The predicted octanol–water partition coefficient (Wildman–Crippen LogP) is 4.44. The Hall–Kier alpha value is -2.77. The van der Waals surface area contributed by atoms with Crippen molar-refractivity contribution < 1.29 is 4.79 Å². The first-order valence-corrected chi connectivity index (χ1v) is 8.16. The van der Waals surface area contributed by atoms with Gasteiger partial charge in [-0.3, -0.25) is 4.79 Å². The fourth-order valence-corrected chi connectivity index (χ4v) is 3.22. The standard InChI is InChI=1S/C19H14N2OS/c20-12-15-7-2-4-10-17(15)21-19(22)13-23-18-11-5-8-14-6-1-3-9-16(14)18/h1-11H,13H2,(H,21,22). The van der Waals surface area contributed by atoms with E-state index < -0.39 is 0 Å². The zero-order chi connectivity index (χ0) is 16.1. The van der Waals surface area contributed by atoms with E-state index in [9.17, 15) is 4.79 Å². The summed E-state index contributed by atoms with van der Waals surface area (Å²) in [4.78, 5) is 13.2. The molecule has 0 bridgehead atoms. The van der Waals surface area contributed by atoms with Gasteiger partial charge in [0.2, 0.25) is 5.91 Å². The minimum Gasteiger partial charge on any atom is -0.324 e. The highest BCUT2D eigenvalue weighted by atomic mass is 32.2. The second-order valence-corrected chi connectivity index (χ2v) is 5.99. The number of anilines is 1. The van der Waals surface area contributed by atoms with Gasteiger partial charge < -0.3 is 5.32 Å². The van der Waals surface area contributed by atoms with Gasteiger partial charge in [-0.2, -0.15) is 5.26 Å². The van der Waals surface area contributed by atoms with Crippen LogP contribution in [0.5, 0.6) is 0 Å². The maximum Gasteiger partial charge on any atom is 0.234 e. The van der Waals surface area contributed by atoms with Gasteiger partial charge in [0.05, 0.1) is 17.0 Å². The van der Waals surface area contributed by atoms with Gasteiger partial charge in [0.1, 0.15) is 6.07 Å². The molecule has 0 aromatic heterocycles. The Morgan fingerprint density at radius 1 is 1.00 bits per heavy atom. The van der Waals surface area contributed by atoms with Crippen LogP contribution in [0.4, 0.5) is 5.69 Å². The molecule has 0 atom stereocenters. The summed E-state index contributed by atoms with van der Waals surface area (Å²) < 4.78 is 0. The topological polar surface area (TPSA) is 52.9 Å². The van der Waals surface area contributed by atoms with Crippen molar-refractivity contribution in [2.24, 2.45) is 0 Å². The summed E-state index contributed by atoms with van der Waals surface area (Å²) in [5.74, 6) is 0.180. The van der Waals surface area contributed by atoms with Gasteiger partial charge in [-0.15, -0.1) is 11.8 Å². The summed E-state index contributed by atoms with van der Waals surface area (Å²) in [6.07, 6.45) is 0. The van der Waals surface area contributed by atoms with E-state index in [0.717, 1.165) is 15.7 Å². The van der Waals surface area contributed by atoms with E-state index >= 15 is 0 Å². The van der Waals surface area contributed by atoms with Crippen LogP contribution >= 0.6 is 11.8 Å². The third-order valence-corrected chi connectivity index (χ3v) is 4.50. The lowest BCUT2D eigenvalue weighted by Crippen LogP contribution is -2.14. The third-order valence-electron chi connectivity index (χ3n) is 3.43. The molecule has 0 aliphatic rings. The first-order valence-electron chi connectivity index (χ1n) is 7.17. The Kier molecular flexibility index (Phi) is 4.60. The van der Waals surface area contributed by atoms with Gasteiger partial charge >= 0.3 is 0 Å². The average Bonchev–Trinajstić information content (AvgIpc) is 2.60. The highest BCUT2D eigenvalue weighted by Gasteiger charge is 2.08. The number of fused-ring (bicyclic) bond motifs is 1. The maximum absolute atomic E-state index is 12.1. The molecule has 0 aliphatic heterocycles. The predicted molar refractivity (Wildman–Crippen MR) is 94.5 cm³/mol. The van der Waals surface area contributed by atoms with E-state index in [2.05, 4.69) is 29.6 Å². The minimum absolute atomic E-state index is 0.120. The number of carbonyl (C=O) groups excluding carboxylic acids is 1. The molecular formula is C19H14N2OS. The lowest BCUT2D eigenvalue weighted by Gasteiger charge is -2.08. The molecule has 0 spiro atoms. The van der Waals surface area contributed by atoms with Gasteiger partial charge in [0, 0.05) is 4.90 Å². The molecule has 23 heavy (non-hydrogen) atoms. The Balaban J connectivity index is 1.70. The number of para-hydroxylation sites is 1. The molecule has 112 valence electrons. The largest absolute Gasteiger partial charge is 0.324 e. The first-order chi connectivity index (χ1) is 11.3. The van der Waals surface area contributed by atoms with E-state index in [1.807, 2.05) is 24.3 Å². The number of nitriles is 1. The van der Waals surface area contributed by atoms with Crippen molar-refractivity contribution in [3.05, 3.63) is 72.3 Å². The van der Waals surface area contributed by atoms with Crippen LogP contribution in [0.15, 0.2) is 71.6 Å². The summed E-state index contributed by atoms with van der Waals surface area (Å²) in [5.41, 5.74) is 1.02. The minimum atomic E-state index is -0.120. The van der Waals surface area contributed by atoms with Crippen molar-refractivity contribution in [1.29, 1.82) is 5.26 Å². The number of hydrogen-bond donors (Lipinski definition) is 1. The molecule has 3 rings (SSSR count). The third kappa shape index (κ3) is 3.53. The lowest BCUT2D eigenvalue weighted by molar-refractivity contribution is -0.113. The number of nitrogens with zero attached hydrogens (tertiary/aromatic N) is 1. The molecule has 0 heterocycles. The number of amides is 1. The normalized spacial score (nSPS) is 10.2. The second-order valence-electron chi connectivity index (χ2n) is 4.97. The number of nitrogens with one attached hydrogen (secondary N) is 1. The van der Waals surface area contributed by atoms with Crippen LogP contribution in [0.1, 0.15) is 5.56 Å². The first kappa shape index (κ1) is 15.1.